The molecule has 1 aromatic carbocycles. The summed E-state index contributed by atoms with van der Waals surface area (Å²) in [4.78, 5) is 66.4. The standard InChI is InChI=1S/C23H23N3O7/c1-4-8-5-9-6-10-7-11-16(26(2)3)19(29)14(22(25)32)21(31)23(11,33)20(30)13(10)17(27)12(9)18(28)15(8)24/h1,5,10-11,13-14,16,28,33H,6-7,24H2,2-3H3,(H2,25,32). The summed E-state index contributed by atoms with van der Waals surface area (Å²) in [6.07, 6.45) is 5.54. The van der Waals surface area contributed by atoms with Crippen LogP contribution in [0, 0.1) is 36.0 Å². The van der Waals surface area contributed by atoms with Gasteiger partial charge in [0.15, 0.2) is 40.4 Å². The molecule has 1 amide bonds. The van der Waals surface area contributed by atoms with E-state index < -0.39 is 70.1 Å². The predicted molar refractivity (Wildman–Crippen MR) is 114 cm³/mol. The van der Waals surface area contributed by atoms with Gasteiger partial charge >= 0.3 is 0 Å². The fourth-order valence-corrected chi connectivity index (χ4v) is 5.80. The predicted octanol–water partition coefficient (Wildman–Crippen LogP) is -1.57. The van der Waals surface area contributed by atoms with E-state index in [-0.39, 0.29) is 29.7 Å². The number of carbonyl (C=O) groups is 5. The zero-order chi connectivity index (χ0) is 24.6. The summed E-state index contributed by atoms with van der Waals surface area (Å²) in [5.74, 6) is -8.80. The molecule has 10 nitrogen and oxygen atoms in total. The van der Waals surface area contributed by atoms with Crippen molar-refractivity contribution >= 4 is 34.7 Å². The highest BCUT2D eigenvalue weighted by atomic mass is 16.3. The van der Waals surface area contributed by atoms with Crippen molar-refractivity contribution in [3.63, 3.8) is 0 Å². The van der Waals surface area contributed by atoms with Crippen molar-refractivity contribution in [3.05, 3.63) is 22.8 Å². The fraction of sp³-hybridized carbons (Fsp3) is 0.435. The molecule has 4 rings (SSSR count). The first-order valence-electron chi connectivity index (χ1n) is 10.3. The molecular weight excluding hydrogens is 430 g/mol. The second-order valence-electron chi connectivity index (χ2n) is 9.15. The number of aromatic hydroxyl groups is 1. The van der Waals surface area contributed by atoms with E-state index in [4.69, 9.17) is 17.9 Å². The number of carbonyl (C=O) groups excluding carboxylic acids is 5. The van der Waals surface area contributed by atoms with E-state index in [9.17, 15) is 34.2 Å². The van der Waals surface area contributed by atoms with E-state index in [0.29, 0.717) is 5.56 Å². The third-order valence-electron chi connectivity index (χ3n) is 7.25. The van der Waals surface area contributed by atoms with Gasteiger partial charge in [-0.3, -0.25) is 28.9 Å². The smallest absolute Gasteiger partial charge is 0.235 e. The minimum absolute atomic E-state index is 0.0274. The lowest BCUT2D eigenvalue weighted by molar-refractivity contribution is -0.181. The maximum Gasteiger partial charge on any atom is 0.235 e. The van der Waals surface area contributed by atoms with Crippen molar-refractivity contribution in [2.45, 2.75) is 24.5 Å². The minimum Gasteiger partial charge on any atom is -0.505 e. The Hall–Kier alpha value is -3.55. The van der Waals surface area contributed by atoms with E-state index in [1.54, 1.807) is 0 Å². The first kappa shape index (κ1) is 22.6. The van der Waals surface area contributed by atoms with Gasteiger partial charge in [0.05, 0.1) is 28.8 Å². The van der Waals surface area contributed by atoms with Gasteiger partial charge in [0.25, 0.3) is 0 Å². The molecule has 2 saturated carbocycles. The van der Waals surface area contributed by atoms with Crippen LogP contribution in [0.25, 0.3) is 0 Å². The molecule has 172 valence electrons. The molecule has 0 aromatic heterocycles. The number of benzene rings is 1. The number of likely N-dealkylation sites (N-methyl/N-ethyl adjacent to an activating group) is 1. The Labute approximate surface area is 188 Å². The molecule has 1 aromatic rings. The molecule has 0 spiro atoms. The Bertz CT molecular complexity index is 1200. The number of terminal acetylenes is 1. The summed E-state index contributed by atoms with van der Waals surface area (Å²) in [5.41, 5.74) is 8.55. The van der Waals surface area contributed by atoms with E-state index >= 15 is 0 Å². The Kier molecular flexibility index (Phi) is 4.96. The molecule has 0 saturated heterocycles. The maximum atomic E-state index is 13.6. The summed E-state index contributed by atoms with van der Waals surface area (Å²) < 4.78 is 0. The van der Waals surface area contributed by atoms with Crippen LogP contribution in [0.15, 0.2) is 6.07 Å². The Morgan fingerprint density at radius 3 is 2.42 bits per heavy atom. The monoisotopic (exact) mass is 453 g/mol. The lowest BCUT2D eigenvalue weighted by Gasteiger charge is -2.52. The first-order valence-corrected chi connectivity index (χ1v) is 10.3. The van der Waals surface area contributed by atoms with Crippen molar-refractivity contribution in [2.75, 3.05) is 19.8 Å². The van der Waals surface area contributed by atoms with Crippen molar-refractivity contribution in [1.29, 1.82) is 0 Å². The van der Waals surface area contributed by atoms with E-state index in [1.807, 2.05) is 0 Å². The number of hydrogen-bond donors (Lipinski definition) is 4. The first-order chi connectivity index (χ1) is 15.4. The molecular formula is C23H23N3O7. The summed E-state index contributed by atoms with van der Waals surface area (Å²) in [7, 11) is 3.05. The number of fused-ring (bicyclic) bond motifs is 3. The molecule has 6 atom stereocenters. The Balaban J connectivity index is 1.89. The highest BCUT2D eigenvalue weighted by Gasteiger charge is 2.69. The van der Waals surface area contributed by atoms with Crippen molar-refractivity contribution in [3.8, 4) is 18.1 Å². The number of nitrogen functional groups attached to an aromatic ring is 1. The van der Waals surface area contributed by atoms with Gasteiger partial charge in [0.1, 0.15) is 0 Å². The van der Waals surface area contributed by atoms with E-state index in [1.165, 1.54) is 25.1 Å². The second kappa shape index (κ2) is 7.23. The van der Waals surface area contributed by atoms with Crippen LogP contribution in [0.3, 0.4) is 0 Å². The minimum atomic E-state index is -2.75. The fourth-order valence-electron chi connectivity index (χ4n) is 5.80. The van der Waals surface area contributed by atoms with Crippen LogP contribution in [-0.4, -0.2) is 69.9 Å². The topological polar surface area (TPSA) is 181 Å². The molecule has 0 bridgehead atoms. The quantitative estimate of drug-likeness (QED) is 0.178. The number of aliphatic hydroxyl groups is 1. The van der Waals surface area contributed by atoms with Crippen molar-refractivity contribution < 1.29 is 34.2 Å². The van der Waals surface area contributed by atoms with Crippen LogP contribution in [-0.2, 0) is 25.6 Å². The molecule has 0 radical (unpaired) electrons. The van der Waals surface area contributed by atoms with Crippen LogP contribution in [0.2, 0.25) is 0 Å². The van der Waals surface area contributed by atoms with Gasteiger partial charge in [0.2, 0.25) is 5.91 Å². The lowest BCUT2D eigenvalue weighted by Crippen LogP contribution is -2.74. The summed E-state index contributed by atoms with van der Waals surface area (Å²) >= 11 is 0. The van der Waals surface area contributed by atoms with Crippen molar-refractivity contribution in [2.24, 2.45) is 29.4 Å². The lowest BCUT2D eigenvalue weighted by atomic mass is 9.52. The number of phenols is 1. The maximum absolute atomic E-state index is 13.6. The number of amides is 1. The average molecular weight is 453 g/mol. The molecule has 0 aliphatic heterocycles. The number of Topliss-reactive ketones (excluding diaryl/α,β-unsaturated/α-hetero) is 4. The van der Waals surface area contributed by atoms with Gasteiger partial charge in [-0.25, -0.2) is 0 Å². The average Bonchev–Trinajstić information content (AvgIpc) is 2.72. The number of nitrogens with zero attached hydrogens (tertiary/aromatic N) is 1. The van der Waals surface area contributed by atoms with Crippen molar-refractivity contribution in [1.82, 2.24) is 4.90 Å². The van der Waals surface area contributed by atoms with Gasteiger partial charge in [-0.1, -0.05) is 5.92 Å². The van der Waals surface area contributed by atoms with Gasteiger partial charge in [-0.05, 0) is 44.5 Å². The van der Waals surface area contributed by atoms with Crippen LogP contribution in [0.4, 0.5) is 5.69 Å². The number of anilines is 1. The summed E-state index contributed by atoms with van der Waals surface area (Å²) in [5, 5.41) is 22.0. The molecule has 2 fully saturated rings. The normalized spacial score (nSPS) is 33.2. The van der Waals surface area contributed by atoms with Crippen LogP contribution in [0.5, 0.6) is 5.75 Å². The molecule has 6 unspecified atom stereocenters. The molecule has 0 heterocycles. The molecule has 10 heteroatoms. The van der Waals surface area contributed by atoms with Crippen LogP contribution < -0.4 is 11.5 Å². The Morgan fingerprint density at radius 1 is 1.24 bits per heavy atom. The Morgan fingerprint density at radius 2 is 1.88 bits per heavy atom. The number of phenolic OH excluding ortho intramolecular Hbond substituents is 1. The highest BCUT2D eigenvalue weighted by Crippen LogP contribution is 2.51. The van der Waals surface area contributed by atoms with Crippen LogP contribution in [0.1, 0.15) is 27.9 Å². The molecule has 3 aliphatic carbocycles. The zero-order valence-electron chi connectivity index (χ0n) is 18.0. The zero-order valence-corrected chi connectivity index (χ0v) is 18.0. The van der Waals surface area contributed by atoms with Crippen LogP contribution >= 0.6 is 0 Å². The SMILES string of the molecule is C#Cc1cc2c(c(O)c1N)C(=O)C1C(=O)C3(O)C(=O)C(C(N)=O)C(=O)C(N(C)C)C3CC1C2. The van der Waals surface area contributed by atoms with E-state index in [2.05, 4.69) is 5.92 Å². The van der Waals surface area contributed by atoms with Gasteiger partial charge in [-0.2, -0.15) is 0 Å². The molecule has 6 N–H and O–H groups in total. The van der Waals surface area contributed by atoms with Gasteiger partial charge in [-0.15, -0.1) is 6.42 Å². The van der Waals surface area contributed by atoms with E-state index in [0.717, 1.165) is 0 Å². The number of rotatable bonds is 2. The number of primary amides is 1. The molecule has 33 heavy (non-hydrogen) atoms. The summed E-state index contributed by atoms with van der Waals surface area (Å²) in [6.45, 7) is 0. The second-order valence-corrected chi connectivity index (χ2v) is 9.15. The summed E-state index contributed by atoms with van der Waals surface area (Å²) in [6, 6.07) is 0.348. The van der Waals surface area contributed by atoms with Gasteiger partial charge in [0, 0.05) is 5.92 Å². The number of ketones is 4. The number of nitrogens with two attached hydrogens (primary N) is 2. The molecule has 3 aliphatic rings. The third-order valence-corrected chi connectivity index (χ3v) is 7.25. The largest absolute Gasteiger partial charge is 0.505 e. The highest BCUT2D eigenvalue weighted by molar-refractivity contribution is 6.32. The third kappa shape index (κ3) is 2.79. The van der Waals surface area contributed by atoms with Gasteiger partial charge < -0.3 is 21.7 Å². The number of hydrogen-bond acceptors (Lipinski definition) is 9.